The zero-order chi connectivity index (χ0) is 17.1. The molecule has 2 aliphatic rings. The molecule has 0 bridgehead atoms. The van der Waals surface area contributed by atoms with Gasteiger partial charge in [0.1, 0.15) is 13.2 Å². The molecular formula is C17H20N2O5. The first-order valence-electron chi connectivity index (χ1n) is 8.02. The number of ether oxygens (including phenoxy) is 1. The number of piperazine rings is 1. The van der Waals surface area contributed by atoms with Crippen LogP contribution in [0.3, 0.4) is 0 Å². The molecule has 0 unspecified atom stereocenters. The predicted octanol–water partition coefficient (Wildman–Crippen LogP) is 1.33. The molecule has 1 aromatic rings. The van der Waals surface area contributed by atoms with E-state index in [0.29, 0.717) is 19.4 Å². The van der Waals surface area contributed by atoms with Gasteiger partial charge in [0.15, 0.2) is 0 Å². The Kier molecular flexibility index (Phi) is 4.69. The standard InChI is InChI=1S/C17H20N2O5/c20-15-10-18(17(23)24-11-12-4-2-1-3-5-12)9-14-7-6-13(16(21)22)8-19(14)15/h1-5,13-14H,6-11H2,(H,21,22)/t13-,14-/m0/s1. The van der Waals surface area contributed by atoms with Gasteiger partial charge in [-0.15, -0.1) is 0 Å². The van der Waals surface area contributed by atoms with E-state index in [9.17, 15) is 14.4 Å². The molecule has 0 aromatic heterocycles. The lowest BCUT2D eigenvalue weighted by molar-refractivity contribution is -0.150. The van der Waals surface area contributed by atoms with E-state index in [-0.39, 0.29) is 31.6 Å². The van der Waals surface area contributed by atoms with Crippen LogP contribution in [0.4, 0.5) is 4.79 Å². The van der Waals surface area contributed by atoms with E-state index in [2.05, 4.69) is 0 Å². The molecule has 24 heavy (non-hydrogen) atoms. The van der Waals surface area contributed by atoms with E-state index in [1.165, 1.54) is 4.90 Å². The molecule has 2 aliphatic heterocycles. The average molecular weight is 332 g/mol. The second kappa shape index (κ2) is 6.90. The first-order chi connectivity index (χ1) is 11.5. The van der Waals surface area contributed by atoms with E-state index in [0.717, 1.165) is 5.56 Å². The molecule has 2 atom stereocenters. The Hall–Kier alpha value is -2.57. The highest BCUT2D eigenvalue weighted by atomic mass is 16.6. The number of carbonyl (C=O) groups is 3. The Morgan fingerprint density at radius 3 is 2.62 bits per heavy atom. The topological polar surface area (TPSA) is 87.1 Å². The first-order valence-corrected chi connectivity index (χ1v) is 8.02. The van der Waals surface area contributed by atoms with Crippen LogP contribution in [0.2, 0.25) is 0 Å². The fourth-order valence-corrected chi connectivity index (χ4v) is 3.25. The van der Waals surface area contributed by atoms with Crippen molar-refractivity contribution in [3.05, 3.63) is 35.9 Å². The van der Waals surface area contributed by atoms with Crippen molar-refractivity contribution < 1.29 is 24.2 Å². The molecule has 0 radical (unpaired) electrons. The van der Waals surface area contributed by atoms with E-state index in [1.807, 2.05) is 30.3 Å². The number of piperidine rings is 1. The summed E-state index contributed by atoms with van der Waals surface area (Å²) in [6.45, 7) is 0.730. The highest BCUT2D eigenvalue weighted by Crippen LogP contribution is 2.26. The number of benzene rings is 1. The molecular weight excluding hydrogens is 312 g/mol. The molecule has 3 rings (SSSR count). The van der Waals surface area contributed by atoms with Gasteiger partial charge in [-0.05, 0) is 18.4 Å². The van der Waals surface area contributed by atoms with Gasteiger partial charge in [-0.1, -0.05) is 30.3 Å². The lowest BCUT2D eigenvalue weighted by Crippen LogP contribution is -2.61. The van der Waals surface area contributed by atoms with Crippen LogP contribution in [-0.2, 0) is 20.9 Å². The average Bonchev–Trinajstić information content (AvgIpc) is 2.60. The third-order valence-corrected chi connectivity index (χ3v) is 4.60. The Morgan fingerprint density at radius 2 is 1.92 bits per heavy atom. The summed E-state index contributed by atoms with van der Waals surface area (Å²) in [5.41, 5.74) is 0.887. The number of aliphatic carboxylic acids is 1. The number of nitrogens with zero attached hydrogens (tertiary/aromatic N) is 2. The Labute approximate surface area is 139 Å². The summed E-state index contributed by atoms with van der Waals surface area (Å²) in [7, 11) is 0. The summed E-state index contributed by atoms with van der Waals surface area (Å²) in [5.74, 6) is -1.60. The highest BCUT2D eigenvalue weighted by Gasteiger charge is 2.40. The molecule has 1 N–H and O–H groups in total. The van der Waals surface area contributed by atoms with Gasteiger partial charge >= 0.3 is 12.1 Å². The van der Waals surface area contributed by atoms with Crippen LogP contribution in [0.1, 0.15) is 18.4 Å². The third-order valence-electron chi connectivity index (χ3n) is 4.60. The van der Waals surface area contributed by atoms with Gasteiger partial charge in [0.25, 0.3) is 0 Å². The maximum atomic E-state index is 12.3. The van der Waals surface area contributed by atoms with Crippen molar-refractivity contribution in [1.82, 2.24) is 9.80 Å². The molecule has 0 aliphatic carbocycles. The van der Waals surface area contributed by atoms with Gasteiger partial charge in [-0.3, -0.25) is 14.5 Å². The minimum atomic E-state index is -0.869. The van der Waals surface area contributed by atoms with Crippen LogP contribution in [0.25, 0.3) is 0 Å². The van der Waals surface area contributed by atoms with Gasteiger partial charge in [0.05, 0.1) is 5.92 Å². The fourth-order valence-electron chi connectivity index (χ4n) is 3.25. The van der Waals surface area contributed by atoms with E-state index < -0.39 is 18.0 Å². The summed E-state index contributed by atoms with van der Waals surface area (Å²) in [4.78, 5) is 38.6. The largest absolute Gasteiger partial charge is 0.481 e. The molecule has 2 saturated heterocycles. The third kappa shape index (κ3) is 3.50. The van der Waals surface area contributed by atoms with Crippen molar-refractivity contribution in [3.63, 3.8) is 0 Å². The molecule has 2 fully saturated rings. The monoisotopic (exact) mass is 332 g/mol. The number of carboxylic acids is 1. The molecule has 0 spiro atoms. The maximum Gasteiger partial charge on any atom is 0.410 e. The smallest absolute Gasteiger partial charge is 0.410 e. The minimum Gasteiger partial charge on any atom is -0.481 e. The van der Waals surface area contributed by atoms with E-state index in [4.69, 9.17) is 9.84 Å². The van der Waals surface area contributed by atoms with Crippen molar-refractivity contribution in [3.8, 4) is 0 Å². The number of carboxylic acid groups (broad SMARTS) is 1. The van der Waals surface area contributed by atoms with E-state index in [1.54, 1.807) is 4.90 Å². The Bertz CT molecular complexity index is 633. The molecule has 7 heteroatoms. The van der Waals surface area contributed by atoms with Gasteiger partial charge in [-0.2, -0.15) is 0 Å². The molecule has 2 amide bonds. The molecule has 2 heterocycles. The van der Waals surface area contributed by atoms with Crippen molar-refractivity contribution in [1.29, 1.82) is 0 Å². The summed E-state index contributed by atoms with van der Waals surface area (Å²) in [5, 5.41) is 9.11. The molecule has 7 nitrogen and oxygen atoms in total. The quantitative estimate of drug-likeness (QED) is 0.902. The van der Waals surface area contributed by atoms with Crippen molar-refractivity contribution in [2.45, 2.75) is 25.5 Å². The summed E-state index contributed by atoms with van der Waals surface area (Å²) < 4.78 is 5.28. The van der Waals surface area contributed by atoms with Crippen LogP contribution in [0.5, 0.6) is 0 Å². The Morgan fingerprint density at radius 1 is 1.17 bits per heavy atom. The first kappa shape index (κ1) is 16.3. The number of carbonyl (C=O) groups excluding carboxylic acids is 2. The summed E-state index contributed by atoms with van der Waals surface area (Å²) in [6, 6.07) is 9.23. The Balaban J connectivity index is 1.56. The van der Waals surface area contributed by atoms with Crippen LogP contribution in [-0.4, -0.2) is 58.6 Å². The zero-order valence-corrected chi connectivity index (χ0v) is 13.3. The molecule has 0 saturated carbocycles. The fraction of sp³-hybridized carbons (Fsp3) is 0.471. The van der Waals surface area contributed by atoms with Crippen LogP contribution >= 0.6 is 0 Å². The number of hydrogen-bond acceptors (Lipinski definition) is 4. The molecule has 128 valence electrons. The lowest BCUT2D eigenvalue weighted by Gasteiger charge is -2.44. The minimum absolute atomic E-state index is 0.0591. The predicted molar refractivity (Wildman–Crippen MR) is 84.1 cm³/mol. The van der Waals surface area contributed by atoms with Crippen LogP contribution in [0.15, 0.2) is 30.3 Å². The van der Waals surface area contributed by atoms with Crippen molar-refractivity contribution in [2.24, 2.45) is 5.92 Å². The van der Waals surface area contributed by atoms with Gasteiger partial charge in [-0.25, -0.2) is 4.79 Å². The van der Waals surface area contributed by atoms with Crippen molar-refractivity contribution >= 4 is 18.0 Å². The number of rotatable bonds is 3. The lowest BCUT2D eigenvalue weighted by atomic mass is 9.91. The zero-order valence-electron chi connectivity index (χ0n) is 13.3. The highest BCUT2D eigenvalue weighted by molar-refractivity contribution is 5.84. The summed E-state index contributed by atoms with van der Waals surface area (Å²) in [6.07, 6.45) is 0.606. The van der Waals surface area contributed by atoms with Gasteiger partial charge in [0.2, 0.25) is 5.91 Å². The SMILES string of the molecule is O=C(O)[C@H]1CC[C@H]2CN(C(=O)OCc3ccccc3)CC(=O)N2C1. The van der Waals surface area contributed by atoms with Crippen molar-refractivity contribution in [2.75, 3.05) is 19.6 Å². The van der Waals surface area contributed by atoms with Crippen LogP contribution in [0, 0.1) is 5.92 Å². The van der Waals surface area contributed by atoms with Gasteiger partial charge < -0.3 is 14.7 Å². The maximum absolute atomic E-state index is 12.3. The number of fused-ring (bicyclic) bond motifs is 1. The normalized spacial score (nSPS) is 23.6. The van der Waals surface area contributed by atoms with Gasteiger partial charge in [0, 0.05) is 19.1 Å². The van der Waals surface area contributed by atoms with Crippen LogP contribution < -0.4 is 0 Å². The van der Waals surface area contributed by atoms with E-state index >= 15 is 0 Å². The second-order valence-electron chi connectivity index (χ2n) is 6.23. The molecule has 1 aromatic carbocycles. The summed E-state index contributed by atoms with van der Waals surface area (Å²) >= 11 is 0. The number of amides is 2. The second-order valence-corrected chi connectivity index (χ2v) is 6.23. The number of hydrogen-bond donors (Lipinski definition) is 1.